The summed E-state index contributed by atoms with van der Waals surface area (Å²) in [7, 11) is 3.88. The molecule has 0 spiro atoms. The van der Waals surface area contributed by atoms with Crippen molar-refractivity contribution in [3.05, 3.63) is 35.4 Å². The number of carbonyl (C=O) groups excluding carboxylic acids is 1. The molecule has 0 unspecified atom stereocenters. The van der Waals surface area contributed by atoms with E-state index in [1.165, 1.54) is 0 Å². The molecule has 20 heavy (non-hydrogen) atoms. The van der Waals surface area contributed by atoms with Crippen LogP contribution in [0.3, 0.4) is 0 Å². The van der Waals surface area contributed by atoms with Gasteiger partial charge in [0, 0.05) is 18.7 Å². The maximum atomic E-state index is 11.4. The number of nitrogens with zero attached hydrogens (tertiary/aromatic N) is 1. The highest BCUT2D eigenvalue weighted by molar-refractivity contribution is 5.67. The van der Waals surface area contributed by atoms with E-state index in [0.717, 1.165) is 17.7 Å². The Morgan fingerprint density at radius 1 is 1.35 bits per heavy atom. The average Bonchev–Trinajstić information content (AvgIpc) is 2.43. The van der Waals surface area contributed by atoms with Crippen molar-refractivity contribution in [3.8, 4) is 24.2 Å². The van der Waals surface area contributed by atoms with E-state index in [4.69, 9.17) is 11.2 Å². The molecule has 0 saturated heterocycles. The summed E-state index contributed by atoms with van der Waals surface area (Å²) >= 11 is 0. The first-order valence-corrected chi connectivity index (χ1v) is 6.22. The van der Waals surface area contributed by atoms with Gasteiger partial charge in [-0.2, -0.15) is 0 Å². The van der Waals surface area contributed by atoms with Crippen molar-refractivity contribution in [3.63, 3.8) is 0 Å². The van der Waals surface area contributed by atoms with Gasteiger partial charge in [-0.05, 0) is 43.6 Å². The monoisotopic (exact) mass is 270 g/mol. The van der Waals surface area contributed by atoms with Crippen LogP contribution in [0.15, 0.2) is 24.3 Å². The second kappa shape index (κ2) is 8.63. The lowest BCUT2D eigenvalue weighted by Crippen LogP contribution is -2.31. The maximum absolute atomic E-state index is 11.4. The second-order valence-electron chi connectivity index (χ2n) is 4.40. The Labute approximate surface area is 120 Å². The van der Waals surface area contributed by atoms with Crippen molar-refractivity contribution in [1.29, 1.82) is 0 Å². The zero-order valence-electron chi connectivity index (χ0n) is 11.8. The molecule has 1 amide bonds. The van der Waals surface area contributed by atoms with Crippen molar-refractivity contribution >= 4 is 6.09 Å². The molecular weight excluding hydrogens is 252 g/mol. The van der Waals surface area contributed by atoms with Crippen LogP contribution < -0.4 is 5.32 Å². The Morgan fingerprint density at radius 3 is 2.65 bits per heavy atom. The fourth-order valence-electron chi connectivity index (χ4n) is 1.37. The molecular formula is C16H18N2O2. The third-order valence-electron chi connectivity index (χ3n) is 2.43. The van der Waals surface area contributed by atoms with Gasteiger partial charge in [-0.25, -0.2) is 4.79 Å². The second-order valence-corrected chi connectivity index (χ2v) is 4.40. The third kappa shape index (κ3) is 6.49. The fourth-order valence-corrected chi connectivity index (χ4v) is 1.37. The molecule has 0 atom stereocenters. The molecule has 0 aliphatic carbocycles. The Bertz CT molecular complexity index is 530. The molecule has 0 bridgehead atoms. The smallest absolute Gasteiger partial charge is 0.407 e. The summed E-state index contributed by atoms with van der Waals surface area (Å²) in [5.74, 6) is 7.62. The predicted octanol–water partition coefficient (Wildman–Crippen LogP) is 1.46. The van der Waals surface area contributed by atoms with Gasteiger partial charge < -0.3 is 15.0 Å². The number of nitrogens with one attached hydrogen (secondary N) is 1. The quantitative estimate of drug-likeness (QED) is 0.824. The van der Waals surface area contributed by atoms with E-state index < -0.39 is 6.09 Å². The van der Waals surface area contributed by atoms with E-state index in [1.807, 2.05) is 43.3 Å². The summed E-state index contributed by atoms with van der Waals surface area (Å²) < 4.78 is 5.09. The summed E-state index contributed by atoms with van der Waals surface area (Å²) in [6.45, 7) is 1.57. The third-order valence-corrected chi connectivity index (χ3v) is 2.43. The van der Waals surface area contributed by atoms with Crippen LogP contribution in [0.1, 0.15) is 11.1 Å². The van der Waals surface area contributed by atoms with Crippen molar-refractivity contribution in [1.82, 2.24) is 10.2 Å². The molecule has 1 N–H and O–H groups in total. The SMILES string of the molecule is C#CC#Cc1ccc(COC(=O)NCCN(C)C)cc1. The number of hydrogen-bond donors (Lipinski definition) is 1. The number of carbonyl (C=O) groups is 1. The number of amides is 1. The number of terminal acetylenes is 1. The van der Waals surface area contributed by atoms with E-state index >= 15 is 0 Å². The molecule has 4 heteroatoms. The number of benzene rings is 1. The Hall–Kier alpha value is -2.43. The number of likely N-dealkylation sites (N-methyl/N-ethyl adjacent to an activating group) is 1. The zero-order chi connectivity index (χ0) is 14.8. The van der Waals surface area contributed by atoms with Crippen LogP contribution in [-0.4, -0.2) is 38.2 Å². The number of ether oxygens (including phenoxy) is 1. The first-order chi connectivity index (χ1) is 9.61. The zero-order valence-corrected chi connectivity index (χ0v) is 11.8. The lowest BCUT2D eigenvalue weighted by Gasteiger charge is -2.10. The largest absolute Gasteiger partial charge is 0.445 e. The first kappa shape index (κ1) is 15.6. The molecule has 1 aromatic rings. The van der Waals surface area contributed by atoms with Gasteiger partial charge in [0.25, 0.3) is 0 Å². The topological polar surface area (TPSA) is 41.6 Å². The van der Waals surface area contributed by atoms with Gasteiger partial charge in [0.1, 0.15) is 6.61 Å². The van der Waals surface area contributed by atoms with Gasteiger partial charge in [-0.3, -0.25) is 0 Å². The van der Waals surface area contributed by atoms with Gasteiger partial charge in [0.05, 0.1) is 0 Å². The van der Waals surface area contributed by atoms with Crippen LogP contribution in [0.2, 0.25) is 0 Å². The molecule has 4 nitrogen and oxygen atoms in total. The Kier molecular flexibility index (Phi) is 6.75. The standard InChI is InChI=1S/C16H18N2O2/c1-4-5-6-14-7-9-15(10-8-14)13-20-16(19)17-11-12-18(2)3/h1,7-10H,11-13H2,2-3H3,(H,17,19). The minimum absolute atomic E-state index is 0.233. The fraction of sp³-hybridized carbons (Fsp3) is 0.312. The van der Waals surface area contributed by atoms with Gasteiger partial charge in [-0.1, -0.05) is 18.1 Å². The molecule has 0 aromatic heterocycles. The number of alkyl carbamates (subject to hydrolysis) is 1. The highest BCUT2D eigenvalue weighted by atomic mass is 16.5. The normalized spacial score (nSPS) is 9.30. The van der Waals surface area contributed by atoms with Crippen molar-refractivity contribution in [2.24, 2.45) is 0 Å². The highest BCUT2D eigenvalue weighted by Gasteiger charge is 2.02. The Balaban J connectivity index is 2.35. The number of hydrogen-bond acceptors (Lipinski definition) is 3. The molecule has 104 valence electrons. The molecule has 0 saturated carbocycles. The van der Waals surface area contributed by atoms with Crippen molar-refractivity contribution < 1.29 is 9.53 Å². The first-order valence-electron chi connectivity index (χ1n) is 6.22. The van der Waals surface area contributed by atoms with Gasteiger partial charge in [0.2, 0.25) is 0 Å². The molecule has 0 aliphatic heterocycles. The summed E-state index contributed by atoms with van der Waals surface area (Å²) in [4.78, 5) is 13.4. The molecule has 1 aromatic carbocycles. The van der Waals surface area contributed by atoms with Crippen LogP contribution in [-0.2, 0) is 11.3 Å². The number of rotatable bonds is 5. The van der Waals surface area contributed by atoms with Crippen LogP contribution in [0.5, 0.6) is 0 Å². The van der Waals surface area contributed by atoms with Crippen LogP contribution >= 0.6 is 0 Å². The molecule has 0 aliphatic rings. The van der Waals surface area contributed by atoms with E-state index in [0.29, 0.717) is 6.54 Å². The lowest BCUT2D eigenvalue weighted by atomic mass is 10.1. The Morgan fingerprint density at radius 2 is 2.05 bits per heavy atom. The van der Waals surface area contributed by atoms with Gasteiger partial charge in [0.15, 0.2) is 0 Å². The van der Waals surface area contributed by atoms with Gasteiger partial charge in [-0.15, -0.1) is 6.42 Å². The molecule has 0 radical (unpaired) electrons. The van der Waals surface area contributed by atoms with E-state index in [2.05, 4.69) is 23.1 Å². The van der Waals surface area contributed by atoms with Crippen LogP contribution in [0.4, 0.5) is 4.79 Å². The predicted molar refractivity (Wildman–Crippen MR) is 78.9 cm³/mol. The van der Waals surface area contributed by atoms with E-state index in [-0.39, 0.29) is 6.61 Å². The highest BCUT2D eigenvalue weighted by Crippen LogP contribution is 2.04. The van der Waals surface area contributed by atoms with Crippen molar-refractivity contribution in [2.45, 2.75) is 6.61 Å². The molecule has 1 rings (SSSR count). The summed E-state index contributed by atoms with van der Waals surface area (Å²) in [6.07, 6.45) is 4.64. The van der Waals surface area contributed by atoms with Crippen LogP contribution in [0, 0.1) is 24.2 Å². The summed E-state index contributed by atoms with van der Waals surface area (Å²) in [6, 6.07) is 7.39. The molecule has 0 heterocycles. The minimum atomic E-state index is -0.414. The van der Waals surface area contributed by atoms with Crippen molar-refractivity contribution in [2.75, 3.05) is 27.2 Å². The van der Waals surface area contributed by atoms with Crippen LogP contribution in [0.25, 0.3) is 0 Å². The molecule has 0 fully saturated rings. The van der Waals surface area contributed by atoms with E-state index in [9.17, 15) is 4.79 Å². The maximum Gasteiger partial charge on any atom is 0.407 e. The summed E-state index contributed by atoms with van der Waals surface area (Å²) in [5.41, 5.74) is 1.74. The lowest BCUT2D eigenvalue weighted by molar-refractivity contribution is 0.139. The summed E-state index contributed by atoms with van der Waals surface area (Å²) in [5, 5.41) is 2.68. The average molecular weight is 270 g/mol. The van der Waals surface area contributed by atoms with Gasteiger partial charge >= 0.3 is 6.09 Å². The minimum Gasteiger partial charge on any atom is -0.445 e. The van der Waals surface area contributed by atoms with E-state index in [1.54, 1.807) is 0 Å².